The van der Waals surface area contributed by atoms with Gasteiger partial charge in [0, 0.05) is 17.8 Å². The van der Waals surface area contributed by atoms with Gasteiger partial charge in [0.05, 0.1) is 5.56 Å². The molecule has 6 nitrogen and oxygen atoms in total. The first-order chi connectivity index (χ1) is 11.5. The molecule has 0 aliphatic rings. The molecule has 1 heterocycles. The zero-order chi connectivity index (χ0) is 17.5. The summed E-state index contributed by atoms with van der Waals surface area (Å²) < 4.78 is 5.48. The van der Waals surface area contributed by atoms with Gasteiger partial charge in [0.15, 0.2) is 19.0 Å². The molecule has 0 aliphatic carbocycles. The minimum Gasteiger partial charge on any atom is -0.619 e. The van der Waals surface area contributed by atoms with Crippen LogP contribution in [0.2, 0.25) is 0 Å². The molecule has 0 fully saturated rings. The van der Waals surface area contributed by atoms with Gasteiger partial charge in [-0.25, -0.2) is 4.79 Å². The molecule has 126 valence electrons. The Balaban J connectivity index is 1.84. The Bertz CT molecular complexity index is 696. The van der Waals surface area contributed by atoms with E-state index in [1.807, 2.05) is 24.3 Å². The Hall–Kier alpha value is -2.89. The summed E-state index contributed by atoms with van der Waals surface area (Å²) in [6.07, 6.45) is 3.43. The van der Waals surface area contributed by atoms with E-state index in [1.54, 1.807) is 0 Å². The van der Waals surface area contributed by atoms with E-state index >= 15 is 0 Å². The van der Waals surface area contributed by atoms with Crippen LogP contribution >= 0.6 is 0 Å². The van der Waals surface area contributed by atoms with Crippen LogP contribution in [-0.2, 0) is 9.53 Å². The molecule has 1 N–H and O–H groups in total. The summed E-state index contributed by atoms with van der Waals surface area (Å²) >= 11 is 0. The number of rotatable bonds is 6. The van der Waals surface area contributed by atoms with E-state index < -0.39 is 18.5 Å². The molecule has 0 aliphatic heterocycles. The number of ether oxygens (including phenoxy) is 1. The number of carbonyl (C=O) groups is 2. The molecule has 0 unspecified atom stereocenters. The molecule has 0 saturated heterocycles. The second-order valence-electron chi connectivity index (χ2n) is 5.50. The van der Waals surface area contributed by atoms with Crippen molar-refractivity contribution in [3.8, 4) is 0 Å². The summed E-state index contributed by atoms with van der Waals surface area (Å²) in [4.78, 5) is 23.6. The zero-order valence-electron chi connectivity index (χ0n) is 13.7. The molecule has 0 spiro atoms. The van der Waals surface area contributed by atoms with Crippen molar-refractivity contribution in [2.24, 2.45) is 0 Å². The molecule has 2 rings (SSSR count). The molecule has 0 saturated carbocycles. The van der Waals surface area contributed by atoms with Gasteiger partial charge in [-0.1, -0.05) is 26.0 Å². The van der Waals surface area contributed by atoms with Crippen molar-refractivity contribution in [3.05, 3.63) is 65.1 Å². The second kappa shape index (κ2) is 8.10. The Morgan fingerprint density at radius 3 is 2.38 bits per heavy atom. The van der Waals surface area contributed by atoms with E-state index in [0.717, 1.165) is 6.42 Å². The monoisotopic (exact) mass is 328 g/mol. The molecule has 1 amide bonds. The van der Waals surface area contributed by atoms with E-state index in [1.165, 1.54) is 30.1 Å². The van der Waals surface area contributed by atoms with Gasteiger partial charge >= 0.3 is 5.97 Å². The lowest BCUT2D eigenvalue weighted by Crippen LogP contribution is -2.25. The second-order valence-corrected chi connectivity index (χ2v) is 5.50. The van der Waals surface area contributed by atoms with Crippen LogP contribution in [0.1, 0.15) is 42.1 Å². The number of aromatic nitrogens is 1. The van der Waals surface area contributed by atoms with Crippen molar-refractivity contribution in [1.29, 1.82) is 0 Å². The fourth-order valence-electron chi connectivity index (χ4n) is 2.09. The highest BCUT2D eigenvalue weighted by Crippen LogP contribution is 2.20. The van der Waals surface area contributed by atoms with Crippen molar-refractivity contribution in [3.63, 3.8) is 0 Å². The molecular weight excluding hydrogens is 308 g/mol. The quantitative estimate of drug-likeness (QED) is 0.502. The number of nitrogens with zero attached hydrogens (tertiary/aromatic N) is 1. The van der Waals surface area contributed by atoms with Crippen molar-refractivity contribution < 1.29 is 19.1 Å². The summed E-state index contributed by atoms with van der Waals surface area (Å²) in [5, 5.41) is 13.6. The maximum absolute atomic E-state index is 11.8. The molecule has 0 bridgehead atoms. The van der Waals surface area contributed by atoms with E-state index in [9.17, 15) is 14.8 Å². The Morgan fingerprint density at radius 1 is 1.17 bits per heavy atom. The lowest BCUT2D eigenvalue weighted by Gasteiger charge is -2.10. The number of carbonyl (C=O) groups excluding carboxylic acids is 2. The number of nitrogens with one attached hydrogen (secondary N) is 1. The van der Waals surface area contributed by atoms with Crippen molar-refractivity contribution in [2.45, 2.75) is 26.2 Å². The van der Waals surface area contributed by atoms with Crippen LogP contribution in [0.4, 0.5) is 5.69 Å². The largest absolute Gasteiger partial charge is 0.619 e. The maximum Gasteiger partial charge on any atom is 0.339 e. The number of benzene rings is 1. The molecule has 6 heteroatoms. The van der Waals surface area contributed by atoms with Gasteiger partial charge in [0.25, 0.3) is 5.91 Å². The van der Waals surface area contributed by atoms with Crippen molar-refractivity contribution in [1.82, 2.24) is 0 Å². The Kier molecular flexibility index (Phi) is 5.89. The SMILES string of the molecule is CC[C@@H](C)c1ccc(NC(=O)COC(=O)c2cc[n+]([O-])cc2)cc1. The molecule has 2 aromatic rings. The van der Waals surface area contributed by atoms with E-state index in [4.69, 9.17) is 4.74 Å². The highest BCUT2D eigenvalue weighted by Gasteiger charge is 2.11. The van der Waals surface area contributed by atoms with Crippen molar-refractivity contribution >= 4 is 17.6 Å². The van der Waals surface area contributed by atoms with E-state index in [2.05, 4.69) is 19.2 Å². The highest BCUT2D eigenvalue weighted by atomic mass is 16.5. The molecule has 1 aromatic carbocycles. The zero-order valence-corrected chi connectivity index (χ0v) is 13.7. The van der Waals surface area contributed by atoms with Crippen LogP contribution in [0.25, 0.3) is 0 Å². The van der Waals surface area contributed by atoms with E-state index in [-0.39, 0.29) is 5.56 Å². The van der Waals surface area contributed by atoms with Crippen LogP contribution in [0.5, 0.6) is 0 Å². The van der Waals surface area contributed by atoms with Gasteiger partial charge in [-0.2, -0.15) is 4.73 Å². The number of anilines is 1. The first-order valence-electron chi connectivity index (χ1n) is 7.75. The predicted molar refractivity (Wildman–Crippen MR) is 89.5 cm³/mol. The smallest absolute Gasteiger partial charge is 0.339 e. The number of hydrogen-bond donors (Lipinski definition) is 1. The third kappa shape index (κ3) is 4.81. The first kappa shape index (κ1) is 17.5. The number of amides is 1. The van der Waals surface area contributed by atoms with Crippen LogP contribution in [-0.4, -0.2) is 18.5 Å². The van der Waals surface area contributed by atoms with Crippen molar-refractivity contribution in [2.75, 3.05) is 11.9 Å². The molecule has 1 atom stereocenters. The summed E-state index contributed by atoms with van der Waals surface area (Å²) in [6.45, 7) is 3.88. The van der Waals surface area contributed by atoms with Gasteiger partial charge in [-0.15, -0.1) is 0 Å². The van der Waals surface area contributed by atoms with Gasteiger partial charge < -0.3 is 15.3 Å². The molecular formula is C18H20N2O4. The van der Waals surface area contributed by atoms with Crippen LogP contribution in [0, 0.1) is 5.21 Å². The summed E-state index contributed by atoms with van der Waals surface area (Å²) in [6, 6.07) is 10.3. The van der Waals surface area contributed by atoms with Gasteiger partial charge in [0.2, 0.25) is 0 Å². The third-order valence-corrected chi connectivity index (χ3v) is 3.75. The molecule has 0 radical (unpaired) electrons. The standard InChI is InChI=1S/C18H20N2O4/c1-3-13(2)14-4-6-16(7-5-14)19-17(21)12-24-18(22)15-8-10-20(23)11-9-15/h4-11,13H,3,12H2,1-2H3,(H,19,21)/t13-/m1/s1. The fourth-order valence-corrected chi connectivity index (χ4v) is 2.09. The van der Waals surface area contributed by atoms with Gasteiger partial charge in [0.1, 0.15) is 0 Å². The number of pyridine rings is 1. The number of esters is 1. The van der Waals surface area contributed by atoms with Crippen LogP contribution in [0.15, 0.2) is 48.8 Å². The Labute approximate surface area is 140 Å². The predicted octanol–water partition coefficient (Wildman–Crippen LogP) is 2.63. The van der Waals surface area contributed by atoms with Gasteiger partial charge in [-0.3, -0.25) is 4.79 Å². The minimum atomic E-state index is -0.655. The average molecular weight is 328 g/mol. The summed E-state index contributed by atoms with van der Waals surface area (Å²) in [5.74, 6) is -0.610. The topological polar surface area (TPSA) is 82.3 Å². The fraction of sp³-hybridized carbons (Fsp3) is 0.278. The Morgan fingerprint density at radius 2 is 1.79 bits per heavy atom. The molecule has 24 heavy (non-hydrogen) atoms. The minimum absolute atomic E-state index is 0.216. The van der Waals surface area contributed by atoms with Crippen LogP contribution in [0.3, 0.4) is 0 Å². The third-order valence-electron chi connectivity index (χ3n) is 3.75. The number of hydrogen-bond acceptors (Lipinski definition) is 4. The summed E-state index contributed by atoms with van der Waals surface area (Å²) in [5.41, 5.74) is 2.07. The lowest BCUT2D eigenvalue weighted by molar-refractivity contribution is -0.605. The van der Waals surface area contributed by atoms with E-state index in [0.29, 0.717) is 16.3 Å². The average Bonchev–Trinajstić information content (AvgIpc) is 2.60. The summed E-state index contributed by atoms with van der Waals surface area (Å²) in [7, 11) is 0. The molecule has 1 aromatic heterocycles. The highest BCUT2D eigenvalue weighted by molar-refractivity contribution is 5.95. The lowest BCUT2D eigenvalue weighted by atomic mass is 9.99. The first-order valence-corrected chi connectivity index (χ1v) is 7.75. The maximum atomic E-state index is 11.8. The van der Waals surface area contributed by atoms with Crippen LogP contribution < -0.4 is 10.0 Å². The van der Waals surface area contributed by atoms with Gasteiger partial charge in [-0.05, 0) is 30.0 Å². The normalized spacial score (nSPS) is 11.6.